The van der Waals surface area contributed by atoms with Crippen LogP contribution in [0.3, 0.4) is 0 Å². The molecule has 0 aliphatic rings. The lowest BCUT2D eigenvalue weighted by atomic mass is 10.1. The molecule has 0 bridgehead atoms. The fraction of sp³-hybridized carbons (Fsp3) is 0.615. The van der Waals surface area contributed by atoms with Crippen molar-refractivity contribution in [1.29, 1.82) is 0 Å². The molecule has 2 N–H and O–H groups in total. The minimum Gasteiger partial charge on any atom is -0.493 e. The Hall–Kier alpha value is -1.09. The molecule has 90 valence electrons. The van der Waals surface area contributed by atoms with Crippen LogP contribution in [-0.4, -0.2) is 11.6 Å². The van der Waals surface area contributed by atoms with Gasteiger partial charge in [0.25, 0.3) is 0 Å². The van der Waals surface area contributed by atoms with Crippen molar-refractivity contribution in [1.82, 2.24) is 4.98 Å². The molecule has 0 aliphatic carbocycles. The summed E-state index contributed by atoms with van der Waals surface area (Å²) in [7, 11) is 0. The van der Waals surface area contributed by atoms with Crippen molar-refractivity contribution in [2.24, 2.45) is 11.7 Å². The average Bonchev–Trinajstić information content (AvgIpc) is 2.24. The van der Waals surface area contributed by atoms with Gasteiger partial charge in [-0.1, -0.05) is 13.8 Å². The Labute approximate surface area is 98.0 Å². The third kappa shape index (κ3) is 4.19. The smallest absolute Gasteiger partial charge is 0.127 e. The van der Waals surface area contributed by atoms with Gasteiger partial charge in [0, 0.05) is 30.1 Å². The highest BCUT2D eigenvalue weighted by atomic mass is 16.5. The summed E-state index contributed by atoms with van der Waals surface area (Å²) < 4.78 is 5.74. The highest BCUT2D eigenvalue weighted by molar-refractivity contribution is 5.32. The van der Waals surface area contributed by atoms with E-state index in [1.807, 2.05) is 13.0 Å². The molecule has 1 rings (SSSR count). The van der Waals surface area contributed by atoms with Gasteiger partial charge in [-0.2, -0.15) is 0 Å². The minimum atomic E-state index is 0.479. The second kappa shape index (κ2) is 6.48. The molecule has 0 fully saturated rings. The van der Waals surface area contributed by atoms with E-state index in [1.165, 1.54) is 6.42 Å². The number of aryl methyl sites for hydroxylation is 1. The molecule has 1 aromatic rings. The van der Waals surface area contributed by atoms with E-state index in [-0.39, 0.29) is 0 Å². The fourth-order valence-corrected chi connectivity index (χ4v) is 1.52. The van der Waals surface area contributed by atoms with Crippen molar-refractivity contribution in [3.05, 3.63) is 23.5 Å². The first-order valence-corrected chi connectivity index (χ1v) is 5.92. The Morgan fingerprint density at radius 3 is 2.81 bits per heavy atom. The Bertz CT molecular complexity index is 324. The van der Waals surface area contributed by atoms with Gasteiger partial charge in [0.15, 0.2) is 0 Å². The Morgan fingerprint density at radius 1 is 1.44 bits per heavy atom. The predicted molar refractivity (Wildman–Crippen MR) is 66.4 cm³/mol. The molecule has 16 heavy (non-hydrogen) atoms. The van der Waals surface area contributed by atoms with Crippen LogP contribution in [0.4, 0.5) is 0 Å². The van der Waals surface area contributed by atoms with Crippen LogP contribution in [0.1, 0.15) is 37.9 Å². The molecule has 0 atom stereocenters. The topological polar surface area (TPSA) is 48.1 Å². The number of hydrogen-bond donors (Lipinski definition) is 1. The summed E-state index contributed by atoms with van der Waals surface area (Å²) in [6.45, 7) is 7.65. The summed E-state index contributed by atoms with van der Waals surface area (Å²) in [5.74, 6) is 1.62. The highest BCUT2D eigenvalue weighted by Gasteiger charge is 2.03. The highest BCUT2D eigenvalue weighted by Crippen LogP contribution is 2.18. The van der Waals surface area contributed by atoms with E-state index in [2.05, 4.69) is 18.8 Å². The minimum absolute atomic E-state index is 0.479. The summed E-state index contributed by atoms with van der Waals surface area (Å²) in [5.41, 5.74) is 7.58. The Kier molecular flexibility index (Phi) is 5.26. The number of rotatable bonds is 6. The van der Waals surface area contributed by atoms with Gasteiger partial charge in [-0.3, -0.25) is 4.98 Å². The lowest BCUT2D eigenvalue weighted by molar-refractivity contribution is 0.294. The summed E-state index contributed by atoms with van der Waals surface area (Å²) in [5, 5.41) is 0. The molecule has 0 aliphatic heterocycles. The average molecular weight is 222 g/mol. The summed E-state index contributed by atoms with van der Waals surface area (Å²) >= 11 is 0. The number of pyridine rings is 1. The van der Waals surface area contributed by atoms with Gasteiger partial charge < -0.3 is 10.5 Å². The van der Waals surface area contributed by atoms with E-state index in [1.54, 1.807) is 6.20 Å². The van der Waals surface area contributed by atoms with E-state index in [4.69, 9.17) is 10.5 Å². The normalized spacial score (nSPS) is 10.8. The Morgan fingerprint density at radius 2 is 2.19 bits per heavy atom. The maximum absolute atomic E-state index is 5.74. The monoisotopic (exact) mass is 222 g/mol. The van der Waals surface area contributed by atoms with Gasteiger partial charge in [0.1, 0.15) is 5.75 Å². The molecule has 0 saturated carbocycles. The Balaban J connectivity index is 2.48. The third-order valence-electron chi connectivity index (χ3n) is 2.48. The van der Waals surface area contributed by atoms with Crippen molar-refractivity contribution >= 4 is 0 Å². The zero-order chi connectivity index (χ0) is 12.0. The van der Waals surface area contributed by atoms with E-state index >= 15 is 0 Å². The predicted octanol–water partition coefficient (Wildman–Crippen LogP) is 2.66. The molecule has 0 unspecified atom stereocenters. The van der Waals surface area contributed by atoms with E-state index in [0.717, 1.165) is 36.0 Å². The van der Waals surface area contributed by atoms with Crippen LogP contribution in [0.2, 0.25) is 0 Å². The summed E-state index contributed by atoms with van der Waals surface area (Å²) in [4.78, 5) is 4.21. The molecule has 0 spiro atoms. The molecule has 3 heteroatoms. The van der Waals surface area contributed by atoms with Crippen LogP contribution < -0.4 is 10.5 Å². The van der Waals surface area contributed by atoms with Crippen LogP contribution in [0.15, 0.2) is 12.3 Å². The van der Waals surface area contributed by atoms with Crippen LogP contribution in [0, 0.1) is 12.8 Å². The quantitative estimate of drug-likeness (QED) is 0.753. The number of hydrogen-bond acceptors (Lipinski definition) is 3. The lowest BCUT2D eigenvalue weighted by Crippen LogP contribution is -2.05. The molecule has 1 aromatic heterocycles. The summed E-state index contributed by atoms with van der Waals surface area (Å²) in [6, 6.07) is 1.96. The van der Waals surface area contributed by atoms with Gasteiger partial charge >= 0.3 is 0 Å². The molecule has 0 amide bonds. The zero-order valence-corrected chi connectivity index (χ0v) is 10.5. The van der Waals surface area contributed by atoms with Crippen LogP contribution in [0.5, 0.6) is 5.75 Å². The van der Waals surface area contributed by atoms with E-state index in [9.17, 15) is 0 Å². The largest absolute Gasteiger partial charge is 0.493 e. The standard InChI is InChI=1S/C13H22N2O/c1-10(2)5-4-6-16-13-7-11(3)15-9-12(13)8-14/h7,9-10H,4-6,8,14H2,1-3H3. The fourth-order valence-electron chi connectivity index (χ4n) is 1.52. The second-order valence-electron chi connectivity index (χ2n) is 4.52. The van der Waals surface area contributed by atoms with E-state index < -0.39 is 0 Å². The van der Waals surface area contributed by atoms with Crippen molar-refractivity contribution in [3.63, 3.8) is 0 Å². The van der Waals surface area contributed by atoms with Gasteiger partial charge in [-0.15, -0.1) is 0 Å². The van der Waals surface area contributed by atoms with Crippen molar-refractivity contribution in [3.8, 4) is 5.75 Å². The second-order valence-corrected chi connectivity index (χ2v) is 4.52. The molecule has 0 radical (unpaired) electrons. The van der Waals surface area contributed by atoms with Gasteiger partial charge in [0.2, 0.25) is 0 Å². The molecule has 1 heterocycles. The van der Waals surface area contributed by atoms with Gasteiger partial charge in [0.05, 0.1) is 6.61 Å². The van der Waals surface area contributed by atoms with Crippen LogP contribution >= 0.6 is 0 Å². The molecular weight excluding hydrogens is 200 g/mol. The zero-order valence-electron chi connectivity index (χ0n) is 10.5. The first kappa shape index (κ1) is 13.0. The first-order chi connectivity index (χ1) is 7.63. The molecule has 0 saturated heterocycles. The van der Waals surface area contributed by atoms with Gasteiger partial charge in [-0.05, 0) is 25.7 Å². The van der Waals surface area contributed by atoms with E-state index in [0.29, 0.717) is 6.54 Å². The molecule has 0 aromatic carbocycles. The van der Waals surface area contributed by atoms with Crippen molar-refractivity contribution < 1.29 is 4.74 Å². The summed E-state index contributed by atoms with van der Waals surface area (Å²) in [6.07, 6.45) is 4.08. The lowest BCUT2D eigenvalue weighted by Gasteiger charge is -2.11. The maximum atomic E-state index is 5.74. The SMILES string of the molecule is Cc1cc(OCCCC(C)C)c(CN)cn1. The maximum Gasteiger partial charge on any atom is 0.127 e. The first-order valence-electron chi connectivity index (χ1n) is 5.92. The molecule has 3 nitrogen and oxygen atoms in total. The third-order valence-corrected chi connectivity index (χ3v) is 2.48. The number of aromatic nitrogens is 1. The molecular formula is C13H22N2O. The number of ether oxygens (including phenoxy) is 1. The van der Waals surface area contributed by atoms with Crippen LogP contribution in [0.25, 0.3) is 0 Å². The number of nitrogens with zero attached hydrogens (tertiary/aromatic N) is 1. The van der Waals surface area contributed by atoms with Crippen molar-refractivity contribution in [2.45, 2.75) is 40.2 Å². The van der Waals surface area contributed by atoms with Gasteiger partial charge in [-0.25, -0.2) is 0 Å². The van der Waals surface area contributed by atoms with Crippen molar-refractivity contribution in [2.75, 3.05) is 6.61 Å². The van der Waals surface area contributed by atoms with Crippen LogP contribution in [-0.2, 0) is 6.54 Å². The number of nitrogens with two attached hydrogens (primary N) is 1.